The Labute approximate surface area is 176 Å². The second kappa shape index (κ2) is 10.5. The van der Waals surface area contributed by atoms with Crippen molar-refractivity contribution in [3.05, 3.63) is 65.2 Å². The van der Waals surface area contributed by atoms with Crippen LogP contribution in [-0.4, -0.2) is 38.2 Å². The van der Waals surface area contributed by atoms with Crippen LogP contribution < -0.4 is 14.8 Å². The summed E-state index contributed by atoms with van der Waals surface area (Å²) in [5, 5.41) is 2.74. The van der Waals surface area contributed by atoms with Crippen LogP contribution in [0.3, 0.4) is 0 Å². The molecule has 1 aliphatic rings. The van der Waals surface area contributed by atoms with Gasteiger partial charge in [0.1, 0.15) is 13.2 Å². The highest BCUT2D eigenvalue weighted by Crippen LogP contribution is 2.30. The fourth-order valence-electron chi connectivity index (χ4n) is 2.98. The Kier molecular flexibility index (Phi) is 7.49. The lowest BCUT2D eigenvalue weighted by Crippen LogP contribution is -2.30. The number of hydrogen-bond donors (Lipinski definition) is 1. The van der Waals surface area contributed by atoms with Crippen LogP contribution in [0, 0.1) is 0 Å². The normalized spacial score (nSPS) is 12.8. The van der Waals surface area contributed by atoms with Gasteiger partial charge in [0.15, 0.2) is 18.1 Å². The van der Waals surface area contributed by atoms with Crippen LogP contribution in [0.4, 0.5) is 0 Å². The molecular formula is C24H27NO5. The Morgan fingerprint density at radius 3 is 2.53 bits per heavy atom. The summed E-state index contributed by atoms with van der Waals surface area (Å²) in [4.78, 5) is 23.7. The van der Waals surface area contributed by atoms with E-state index < -0.39 is 5.97 Å². The Hall–Kier alpha value is -3.28. The first kappa shape index (κ1) is 21.4. The first-order chi connectivity index (χ1) is 14.5. The number of amides is 1. The molecule has 0 bridgehead atoms. The summed E-state index contributed by atoms with van der Waals surface area (Å²) in [6.45, 7) is 5.48. The molecule has 0 saturated heterocycles. The van der Waals surface area contributed by atoms with Gasteiger partial charge in [0, 0.05) is 12.6 Å². The lowest BCUT2D eigenvalue weighted by molar-refractivity contribution is -0.143. The molecule has 1 N–H and O–H groups in total. The predicted octanol–water partition coefficient (Wildman–Crippen LogP) is 3.50. The van der Waals surface area contributed by atoms with Crippen LogP contribution in [0.1, 0.15) is 36.5 Å². The highest BCUT2D eigenvalue weighted by Gasteiger charge is 2.12. The molecule has 1 heterocycles. The molecule has 0 fully saturated rings. The zero-order chi connectivity index (χ0) is 21.3. The van der Waals surface area contributed by atoms with E-state index in [2.05, 4.69) is 19.2 Å². The molecule has 1 aliphatic heterocycles. The first-order valence-electron chi connectivity index (χ1n) is 10.1. The molecule has 2 aromatic rings. The highest BCUT2D eigenvalue weighted by molar-refractivity contribution is 5.89. The van der Waals surface area contributed by atoms with Crippen molar-refractivity contribution in [2.45, 2.75) is 26.2 Å². The number of fused-ring (bicyclic) bond motifs is 1. The van der Waals surface area contributed by atoms with E-state index in [0.29, 0.717) is 32.1 Å². The third-order valence-electron chi connectivity index (χ3n) is 4.70. The van der Waals surface area contributed by atoms with Crippen LogP contribution in [0.2, 0.25) is 0 Å². The SMILES string of the molecule is CC(C)c1ccc(/C=C/C(=O)OCC(=O)NCCc2ccc3c(c2)OCCO3)cc1. The maximum atomic E-state index is 11.9. The van der Waals surface area contributed by atoms with Crippen molar-refractivity contribution in [1.29, 1.82) is 0 Å². The maximum Gasteiger partial charge on any atom is 0.331 e. The number of hydrogen-bond acceptors (Lipinski definition) is 5. The number of ether oxygens (including phenoxy) is 3. The number of rotatable bonds is 8. The Morgan fingerprint density at radius 1 is 1.07 bits per heavy atom. The molecule has 158 valence electrons. The van der Waals surface area contributed by atoms with Gasteiger partial charge in [-0.15, -0.1) is 0 Å². The standard InChI is InChI=1S/C24H27NO5/c1-17(2)20-7-3-18(4-8-20)6-10-24(27)30-16-23(26)25-12-11-19-5-9-21-22(15-19)29-14-13-28-21/h3-10,15,17H,11-14,16H2,1-2H3,(H,25,26)/b10-6+. The minimum atomic E-state index is -0.551. The monoisotopic (exact) mass is 409 g/mol. The molecule has 6 nitrogen and oxygen atoms in total. The second-order valence-corrected chi connectivity index (χ2v) is 7.34. The van der Waals surface area contributed by atoms with Crippen molar-refractivity contribution in [3.63, 3.8) is 0 Å². The zero-order valence-electron chi connectivity index (χ0n) is 17.4. The summed E-state index contributed by atoms with van der Waals surface area (Å²) in [6, 6.07) is 13.7. The maximum absolute atomic E-state index is 11.9. The van der Waals surface area contributed by atoms with Gasteiger partial charge in [-0.1, -0.05) is 44.2 Å². The zero-order valence-corrected chi connectivity index (χ0v) is 17.4. The van der Waals surface area contributed by atoms with Gasteiger partial charge in [0.2, 0.25) is 0 Å². The van der Waals surface area contributed by atoms with Gasteiger partial charge in [-0.3, -0.25) is 4.79 Å². The van der Waals surface area contributed by atoms with Crippen LogP contribution in [0.25, 0.3) is 6.08 Å². The van der Waals surface area contributed by atoms with Crippen molar-refractivity contribution in [2.75, 3.05) is 26.4 Å². The quantitative estimate of drug-likeness (QED) is 0.534. The lowest BCUT2D eigenvalue weighted by atomic mass is 10.0. The van der Waals surface area contributed by atoms with Gasteiger partial charge in [-0.05, 0) is 47.2 Å². The number of nitrogens with one attached hydrogen (secondary N) is 1. The molecule has 0 unspecified atom stereocenters. The molecule has 0 radical (unpaired) electrons. The molecule has 0 aliphatic carbocycles. The minimum absolute atomic E-state index is 0.309. The van der Waals surface area contributed by atoms with Crippen molar-refractivity contribution in [2.24, 2.45) is 0 Å². The molecule has 2 aromatic carbocycles. The Bertz CT molecular complexity index is 902. The van der Waals surface area contributed by atoms with Gasteiger partial charge in [0.05, 0.1) is 0 Å². The van der Waals surface area contributed by atoms with E-state index in [0.717, 1.165) is 22.6 Å². The molecule has 1 amide bonds. The summed E-state index contributed by atoms with van der Waals surface area (Å²) >= 11 is 0. The summed E-state index contributed by atoms with van der Waals surface area (Å²) in [7, 11) is 0. The summed E-state index contributed by atoms with van der Waals surface area (Å²) in [6.07, 6.45) is 3.64. The summed E-state index contributed by atoms with van der Waals surface area (Å²) in [5.41, 5.74) is 3.17. The number of carbonyl (C=O) groups is 2. The first-order valence-corrected chi connectivity index (χ1v) is 10.1. The largest absolute Gasteiger partial charge is 0.486 e. The van der Waals surface area contributed by atoms with Crippen LogP contribution in [-0.2, 0) is 20.7 Å². The molecule has 0 spiro atoms. The average Bonchev–Trinajstić information content (AvgIpc) is 2.76. The van der Waals surface area contributed by atoms with Gasteiger partial charge < -0.3 is 19.5 Å². The predicted molar refractivity (Wildman–Crippen MR) is 115 cm³/mol. The van der Waals surface area contributed by atoms with Gasteiger partial charge in [0.25, 0.3) is 5.91 Å². The van der Waals surface area contributed by atoms with Crippen molar-refractivity contribution < 1.29 is 23.8 Å². The van der Waals surface area contributed by atoms with Gasteiger partial charge >= 0.3 is 5.97 Å². The molecule has 0 aromatic heterocycles. The second-order valence-electron chi connectivity index (χ2n) is 7.34. The van der Waals surface area contributed by atoms with E-state index in [1.807, 2.05) is 42.5 Å². The molecule has 3 rings (SSSR count). The topological polar surface area (TPSA) is 73.9 Å². The smallest absolute Gasteiger partial charge is 0.331 e. The molecular weight excluding hydrogens is 382 g/mol. The third kappa shape index (κ3) is 6.37. The Morgan fingerprint density at radius 2 is 1.80 bits per heavy atom. The third-order valence-corrected chi connectivity index (χ3v) is 4.70. The fraction of sp³-hybridized carbons (Fsp3) is 0.333. The molecule has 30 heavy (non-hydrogen) atoms. The van der Waals surface area contributed by atoms with E-state index in [4.69, 9.17) is 14.2 Å². The number of esters is 1. The number of benzene rings is 2. The Balaban J connectivity index is 1.36. The van der Waals surface area contributed by atoms with E-state index in [1.54, 1.807) is 6.08 Å². The number of carbonyl (C=O) groups excluding carboxylic acids is 2. The van der Waals surface area contributed by atoms with E-state index in [-0.39, 0.29) is 12.5 Å². The van der Waals surface area contributed by atoms with Crippen LogP contribution in [0.15, 0.2) is 48.5 Å². The molecule has 0 atom stereocenters. The minimum Gasteiger partial charge on any atom is -0.486 e. The summed E-state index contributed by atoms with van der Waals surface area (Å²) < 4.78 is 16.0. The van der Waals surface area contributed by atoms with Crippen LogP contribution in [0.5, 0.6) is 11.5 Å². The van der Waals surface area contributed by atoms with Gasteiger partial charge in [-0.2, -0.15) is 0 Å². The summed E-state index contributed by atoms with van der Waals surface area (Å²) in [5.74, 6) is 1.04. The van der Waals surface area contributed by atoms with Crippen LogP contribution >= 0.6 is 0 Å². The van der Waals surface area contributed by atoms with Crippen molar-refractivity contribution >= 4 is 18.0 Å². The lowest BCUT2D eigenvalue weighted by Gasteiger charge is -2.18. The highest BCUT2D eigenvalue weighted by atomic mass is 16.6. The van der Waals surface area contributed by atoms with Crippen molar-refractivity contribution in [3.8, 4) is 11.5 Å². The van der Waals surface area contributed by atoms with E-state index >= 15 is 0 Å². The average molecular weight is 409 g/mol. The molecule has 6 heteroatoms. The van der Waals surface area contributed by atoms with E-state index in [9.17, 15) is 9.59 Å². The van der Waals surface area contributed by atoms with E-state index in [1.165, 1.54) is 11.6 Å². The molecule has 0 saturated carbocycles. The van der Waals surface area contributed by atoms with Gasteiger partial charge in [-0.25, -0.2) is 4.79 Å². The fourth-order valence-corrected chi connectivity index (χ4v) is 2.98. The van der Waals surface area contributed by atoms with Crippen molar-refractivity contribution in [1.82, 2.24) is 5.32 Å².